The second kappa shape index (κ2) is 11.1. The fourth-order valence-electron chi connectivity index (χ4n) is 5.02. The van der Waals surface area contributed by atoms with E-state index in [9.17, 15) is 9.59 Å². The monoisotopic (exact) mass is 502 g/mol. The fourth-order valence-corrected chi connectivity index (χ4v) is 5.23. The molecule has 3 aromatic carbocycles. The third kappa shape index (κ3) is 5.72. The minimum atomic E-state index is -0.236. The van der Waals surface area contributed by atoms with E-state index in [0.717, 1.165) is 41.9 Å². The van der Waals surface area contributed by atoms with Crippen LogP contribution < -0.4 is 16.0 Å². The topological polar surface area (TPSA) is 73.5 Å². The van der Waals surface area contributed by atoms with Gasteiger partial charge in [-0.3, -0.25) is 9.59 Å². The van der Waals surface area contributed by atoms with Crippen molar-refractivity contribution in [3.8, 4) is 0 Å². The molecular formula is C29H31ClN4O2. The number of halogens is 1. The molecular weight excluding hydrogens is 472 g/mol. The van der Waals surface area contributed by atoms with E-state index >= 15 is 0 Å². The second-order valence-corrected chi connectivity index (χ2v) is 9.91. The minimum Gasteiger partial charge on any atom is -0.385 e. The summed E-state index contributed by atoms with van der Waals surface area (Å²) in [5.41, 5.74) is 5.66. The summed E-state index contributed by atoms with van der Waals surface area (Å²) in [5, 5.41) is 9.96. The van der Waals surface area contributed by atoms with Crippen molar-refractivity contribution in [1.29, 1.82) is 0 Å². The van der Waals surface area contributed by atoms with E-state index < -0.39 is 0 Å². The van der Waals surface area contributed by atoms with Gasteiger partial charge in [0, 0.05) is 29.4 Å². The summed E-state index contributed by atoms with van der Waals surface area (Å²) >= 11 is 6.14. The average molecular weight is 503 g/mol. The third-order valence-corrected chi connectivity index (χ3v) is 7.16. The molecule has 0 atom stereocenters. The molecule has 36 heavy (non-hydrogen) atoms. The van der Waals surface area contributed by atoms with Crippen LogP contribution in [0.5, 0.6) is 0 Å². The van der Waals surface area contributed by atoms with Crippen LogP contribution in [0.15, 0.2) is 60.7 Å². The highest BCUT2D eigenvalue weighted by Gasteiger charge is 2.26. The zero-order chi connectivity index (χ0) is 24.9. The molecule has 2 aliphatic heterocycles. The van der Waals surface area contributed by atoms with Gasteiger partial charge < -0.3 is 20.9 Å². The molecule has 2 amide bonds. The van der Waals surface area contributed by atoms with Gasteiger partial charge in [0.2, 0.25) is 0 Å². The summed E-state index contributed by atoms with van der Waals surface area (Å²) < 4.78 is 0. The van der Waals surface area contributed by atoms with E-state index in [0.29, 0.717) is 34.8 Å². The molecule has 7 heteroatoms. The lowest BCUT2D eigenvalue weighted by atomic mass is 9.96. The van der Waals surface area contributed by atoms with E-state index in [4.69, 9.17) is 11.6 Å². The predicted molar refractivity (Wildman–Crippen MR) is 145 cm³/mol. The highest BCUT2D eigenvalue weighted by molar-refractivity contribution is 6.30. The van der Waals surface area contributed by atoms with Gasteiger partial charge in [0.05, 0.1) is 11.3 Å². The minimum absolute atomic E-state index is 0.165. The van der Waals surface area contributed by atoms with Crippen molar-refractivity contribution in [2.75, 3.05) is 36.8 Å². The Labute approximate surface area is 217 Å². The molecule has 186 valence electrons. The molecule has 1 saturated heterocycles. The number of rotatable bonds is 9. The number of likely N-dealkylation sites (tertiary alicyclic amines) is 1. The smallest absolute Gasteiger partial charge is 0.255 e. The molecule has 2 aliphatic rings. The quantitative estimate of drug-likeness (QED) is 0.346. The van der Waals surface area contributed by atoms with Gasteiger partial charge in [0.25, 0.3) is 11.8 Å². The van der Waals surface area contributed by atoms with Crippen LogP contribution in [0, 0.1) is 0 Å². The first-order valence-electron chi connectivity index (χ1n) is 12.6. The van der Waals surface area contributed by atoms with Crippen molar-refractivity contribution >= 4 is 34.8 Å². The molecule has 0 aliphatic carbocycles. The van der Waals surface area contributed by atoms with Gasteiger partial charge >= 0.3 is 0 Å². The van der Waals surface area contributed by atoms with Crippen LogP contribution in [0.25, 0.3) is 0 Å². The molecule has 0 spiro atoms. The van der Waals surface area contributed by atoms with Gasteiger partial charge in [-0.1, -0.05) is 29.8 Å². The lowest BCUT2D eigenvalue weighted by Crippen LogP contribution is -2.22. The van der Waals surface area contributed by atoms with Crippen molar-refractivity contribution in [3.05, 3.63) is 93.5 Å². The maximum Gasteiger partial charge on any atom is 0.255 e. The fraction of sp³-hybridized carbons (Fsp3) is 0.310. The van der Waals surface area contributed by atoms with Crippen LogP contribution in [0.2, 0.25) is 5.02 Å². The van der Waals surface area contributed by atoms with Crippen molar-refractivity contribution in [3.63, 3.8) is 0 Å². The largest absolute Gasteiger partial charge is 0.385 e. The Bertz CT molecular complexity index is 1250. The molecule has 0 radical (unpaired) electrons. The molecule has 5 rings (SSSR count). The normalized spacial score (nSPS) is 15.0. The van der Waals surface area contributed by atoms with Crippen LogP contribution in [0.3, 0.4) is 0 Å². The number of hydrogen-bond acceptors (Lipinski definition) is 4. The number of fused-ring (bicyclic) bond motifs is 1. The van der Waals surface area contributed by atoms with Crippen LogP contribution >= 0.6 is 11.6 Å². The lowest BCUT2D eigenvalue weighted by molar-refractivity contribution is 0.0966. The van der Waals surface area contributed by atoms with Gasteiger partial charge in [-0.15, -0.1) is 0 Å². The van der Waals surface area contributed by atoms with E-state index in [-0.39, 0.29) is 11.8 Å². The Morgan fingerprint density at radius 3 is 2.61 bits per heavy atom. The Morgan fingerprint density at radius 1 is 1.03 bits per heavy atom. The SMILES string of the molecule is O=C(Nc1ccc(Cc2cccc(Cl)c2)c2c1C(=O)NC2)c1ccc(NCCCN2CCCC2)cc1. The highest BCUT2D eigenvalue weighted by atomic mass is 35.5. The zero-order valence-electron chi connectivity index (χ0n) is 20.3. The Morgan fingerprint density at radius 2 is 1.83 bits per heavy atom. The third-order valence-electron chi connectivity index (χ3n) is 6.92. The van der Waals surface area contributed by atoms with Crippen LogP contribution in [0.1, 0.15) is 56.7 Å². The Kier molecular flexibility index (Phi) is 7.54. The Balaban J connectivity index is 1.22. The number of benzene rings is 3. The molecule has 6 nitrogen and oxygen atoms in total. The number of anilines is 2. The lowest BCUT2D eigenvalue weighted by Gasteiger charge is -2.15. The van der Waals surface area contributed by atoms with E-state index in [1.165, 1.54) is 25.9 Å². The van der Waals surface area contributed by atoms with Crippen molar-refractivity contribution < 1.29 is 9.59 Å². The molecule has 1 fully saturated rings. The average Bonchev–Trinajstić information content (AvgIpc) is 3.54. The first-order valence-corrected chi connectivity index (χ1v) is 13.0. The number of hydrogen-bond donors (Lipinski definition) is 3. The highest BCUT2D eigenvalue weighted by Crippen LogP contribution is 2.30. The van der Waals surface area contributed by atoms with Gasteiger partial charge in [-0.25, -0.2) is 0 Å². The van der Waals surface area contributed by atoms with Gasteiger partial charge in [0.1, 0.15) is 0 Å². The summed E-state index contributed by atoms with van der Waals surface area (Å²) in [5.74, 6) is -0.401. The summed E-state index contributed by atoms with van der Waals surface area (Å²) in [6, 6.07) is 19.0. The molecule has 3 N–H and O–H groups in total. The number of carbonyl (C=O) groups excluding carboxylic acids is 2. The molecule has 3 aromatic rings. The zero-order valence-corrected chi connectivity index (χ0v) is 21.0. The molecule has 0 bridgehead atoms. The van der Waals surface area contributed by atoms with Gasteiger partial charge in [0.15, 0.2) is 0 Å². The number of nitrogens with zero attached hydrogens (tertiary/aromatic N) is 1. The maximum atomic E-state index is 13.0. The standard InChI is InChI=1S/C29H31ClN4O2/c30-23-6-3-5-20(18-23)17-22-9-12-26(27-25(22)19-32-29(27)36)33-28(35)21-7-10-24(11-8-21)31-13-4-16-34-14-1-2-15-34/h3,5-12,18,31H,1-2,4,13-17,19H2,(H,32,36)(H,33,35). The molecule has 0 saturated carbocycles. The Hall–Kier alpha value is -3.35. The molecule has 0 unspecified atom stereocenters. The first-order chi connectivity index (χ1) is 17.6. The summed E-state index contributed by atoms with van der Waals surface area (Å²) in [6.45, 7) is 4.93. The van der Waals surface area contributed by atoms with E-state index in [1.54, 1.807) is 0 Å². The summed E-state index contributed by atoms with van der Waals surface area (Å²) in [4.78, 5) is 28.1. The van der Waals surface area contributed by atoms with Gasteiger partial charge in [-0.05, 0) is 104 Å². The maximum absolute atomic E-state index is 13.0. The first kappa shape index (κ1) is 24.3. The summed E-state index contributed by atoms with van der Waals surface area (Å²) in [6.07, 6.45) is 4.40. The van der Waals surface area contributed by atoms with Crippen LogP contribution in [-0.4, -0.2) is 42.9 Å². The van der Waals surface area contributed by atoms with E-state index in [2.05, 4.69) is 20.9 Å². The van der Waals surface area contributed by atoms with Crippen molar-refractivity contribution in [2.45, 2.75) is 32.2 Å². The second-order valence-electron chi connectivity index (χ2n) is 9.48. The summed E-state index contributed by atoms with van der Waals surface area (Å²) in [7, 11) is 0. The number of carbonyl (C=O) groups is 2. The van der Waals surface area contributed by atoms with Crippen LogP contribution in [-0.2, 0) is 13.0 Å². The van der Waals surface area contributed by atoms with Crippen LogP contribution in [0.4, 0.5) is 11.4 Å². The van der Waals surface area contributed by atoms with Crippen molar-refractivity contribution in [1.82, 2.24) is 10.2 Å². The van der Waals surface area contributed by atoms with Crippen molar-refractivity contribution in [2.24, 2.45) is 0 Å². The van der Waals surface area contributed by atoms with E-state index in [1.807, 2.05) is 60.7 Å². The van der Waals surface area contributed by atoms with Gasteiger partial charge in [-0.2, -0.15) is 0 Å². The predicted octanol–water partition coefficient (Wildman–Crippen LogP) is 5.32. The number of nitrogens with one attached hydrogen (secondary N) is 3. The molecule has 0 aromatic heterocycles. The number of amides is 2. The molecule has 2 heterocycles.